The predicted octanol–water partition coefficient (Wildman–Crippen LogP) is 1.69. The minimum Gasteiger partial charge on any atom is -0.491 e. The fraction of sp³-hybridized carbons (Fsp3) is 0.571. The summed E-state index contributed by atoms with van der Waals surface area (Å²) in [5, 5.41) is 22.6. The Morgan fingerprint density at radius 3 is 2.79 bits per heavy atom. The zero-order valence-electron chi connectivity index (χ0n) is 11.4. The SMILES string of the molecule is CC(C)(CO)CNCC(O)COc1cccc(Cl)c1. The van der Waals surface area contributed by atoms with E-state index in [2.05, 4.69) is 5.32 Å². The first-order valence-electron chi connectivity index (χ1n) is 6.31. The van der Waals surface area contributed by atoms with E-state index in [0.29, 0.717) is 23.9 Å². The van der Waals surface area contributed by atoms with Gasteiger partial charge in [-0.05, 0) is 18.2 Å². The first-order chi connectivity index (χ1) is 8.93. The van der Waals surface area contributed by atoms with Crippen molar-refractivity contribution in [1.82, 2.24) is 5.32 Å². The Balaban J connectivity index is 2.23. The third-order valence-corrected chi connectivity index (χ3v) is 2.89. The molecule has 108 valence electrons. The van der Waals surface area contributed by atoms with Crippen LogP contribution in [-0.2, 0) is 0 Å². The molecule has 0 spiro atoms. The van der Waals surface area contributed by atoms with Gasteiger partial charge < -0.3 is 20.3 Å². The lowest BCUT2D eigenvalue weighted by Crippen LogP contribution is -2.38. The second kappa shape index (κ2) is 7.70. The van der Waals surface area contributed by atoms with Crippen LogP contribution in [0.1, 0.15) is 13.8 Å². The van der Waals surface area contributed by atoms with Crippen LogP contribution in [0.5, 0.6) is 5.75 Å². The van der Waals surface area contributed by atoms with Crippen LogP contribution in [0, 0.1) is 5.41 Å². The highest BCUT2D eigenvalue weighted by atomic mass is 35.5. The van der Waals surface area contributed by atoms with Crippen LogP contribution in [0.25, 0.3) is 0 Å². The summed E-state index contributed by atoms with van der Waals surface area (Å²) in [5.41, 5.74) is -0.187. The monoisotopic (exact) mass is 287 g/mol. The van der Waals surface area contributed by atoms with Crippen LogP contribution in [-0.4, -0.2) is 42.6 Å². The molecule has 0 heterocycles. The van der Waals surface area contributed by atoms with E-state index < -0.39 is 6.10 Å². The highest BCUT2D eigenvalue weighted by molar-refractivity contribution is 6.30. The van der Waals surface area contributed by atoms with Crippen LogP contribution in [0.2, 0.25) is 5.02 Å². The van der Waals surface area contributed by atoms with Crippen LogP contribution < -0.4 is 10.1 Å². The number of halogens is 1. The maximum Gasteiger partial charge on any atom is 0.120 e. The minimum atomic E-state index is -0.603. The lowest BCUT2D eigenvalue weighted by molar-refractivity contribution is 0.0980. The van der Waals surface area contributed by atoms with E-state index in [1.54, 1.807) is 24.3 Å². The van der Waals surface area contributed by atoms with Gasteiger partial charge in [-0.1, -0.05) is 31.5 Å². The van der Waals surface area contributed by atoms with Crippen molar-refractivity contribution >= 4 is 11.6 Å². The van der Waals surface area contributed by atoms with Crippen LogP contribution in [0.3, 0.4) is 0 Å². The molecule has 0 saturated carbocycles. The van der Waals surface area contributed by atoms with Crippen molar-refractivity contribution in [2.75, 3.05) is 26.3 Å². The van der Waals surface area contributed by atoms with Gasteiger partial charge in [-0.25, -0.2) is 0 Å². The Labute approximate surface area is 119 Å². The largest absolute Gasteiger partial charge is 0.491 e. The Kier molecular flexibility index (Phi) is 6.58. The van der Waals surface area contributed by atoms with Crippen molar-refractivity contribution in [3.63, 3.8) is 0 Å². The maximum atomic E-state index is 9.77. The quantitative estimate of drug-likeness (QED) is 0.681. The van der Waals surface area contributed by atoms with E-state index in [1.165, 1.54) is 0 Å². The molecule has 19 heavy (non-hydrogen) atoms. The van der Waals surface area contributed by atoms with Crippen molar-refractivity contribution in [2.24, 2.45) is 5.41 Å². The third kappa shape index (κ3) is 6.78. The van der Waals surface area contributed by atoms with Crippen LogP contribution >= 0.6 is 11.6 Å². The Bertz CT molecular complexity index is 385. The molecule has 0 fully saturated rings. The molecule has 0 bridgehead atoms. The first kappa shape index (κ1) is 16.2. The number of ether oxygens (including phenoxy) is 1. The van der Waals surface area contributed by atoms with Gasteiger partial charge in [0.15, 0.2) is 0 Å². The number of hydrogen-bond acceptors (Lipinski definition) is 4. The number of rotatable bonds is 8. The van der Waals surface area contributed by atoms with Gasteiger partial charge in [0.2, 0.25) is 0 Å². The second-order valence-electron chi connectivity index (χ2n) is 5.38. The predicted molar refractivity (Wildman–Crippen MR) is 76.7 cm³/mol. The average Bonchev–Trinajstić information content (AvgIpc) is 2.36. The lowest BCUT2D eigenvalue weighted by Gasteiger charge is -2.23. The first-order valence-corrected chi connectivity index (χ1v) is 6.69. The average molecular weight is 288 g/mol. The van der Waals surface area contributed by atoms with Crippen molar-refractivity contribution in [2.45, 2.75) is 20.0 Å². The topological polar surface area (TPSA) is 61.7 Å². The fourth-order valence-corrected chi connectivity index (χ4v) is 1.62. The zero-order valence-corrected chi connectivity index (χ0v) is 12.2. The normalized spacial score (nSPS) is 13.3. The van der Waals surface area contributed by atoms with E-state index in [0.717, 1.165) is 0 Å². The highest BCUT2D eigenvalue weighted by Gasteiger charge is 2.16. The van der Waals surface area contributed by atoms with Crippen LogP contribution in [0.15, 0.2) is 24.3 Å². The number of aliphatic hydroxyl groups excluding tert-OH is 2. The highest BCUT2D eigenvalue weighted by Crippen LogP contribution is 2.17. The molecule has 0 aliphatic carbocycles. The molecular weight excluding hydrogens is 266 g/mol. The van der Waals surface area contributed by atoms with Gasteiger partial charge in [0.25, 0.3) is 0 Å². The smallest absolute Gasteiger partial charge is 0.120 e. The molecule has 1 aromatic carbocycles. The van der Waals surface area contributed by atoms with Gasteiger partial charge >= 0.3 is 0 Å². The number of benzene rings is 1. The summed E-state index contributed by atoms with van der Waals surface area (Å²) in [4.78, 5) is 0. The molecule has 0 saturated heterocycles. The van der Waals surface area contributed by atoms with Crippen molar-refractivity contribution in [3.8, 4) is 5.75 Å². The summed E-state index contributed by atoms with van der Waals surface area (Å²) in [6.07, 6.45) is -0.603. The van der Waals surface area contributed by atoms with Crippen LogP contribution in [0.4, 0.5) is 0 Å². The van der Waals surface area contributed by atoms with Crippen molar-refractivity contribution in [3.05, 3.63) is 29.3 Å². The molecule has 1 unspecified atom stereocenters. The fourth-order valence-electron chi connectivity index (χ4n) is 1.44. The lowest BCUT2D eigenvalue weighted by atomic mass is 9.95. The standard InChI is InChI=1S/C14H22ClNO3/c1-14(2,10-17)9-16-7-12(18)8-19-13-5-3-4-11(15)6-13/h3-6,12,16-18H,7-10H2,1-2H3. The molecule has 0 radical (unpaired) electrons. The Morgan fingerprint density at radius 2 is 2.16 bits per heavy atom. The third-order valence-electron chi connectivity index (χ3n) is 2.65. The Morgan fingerprint density at radius 1 is 1.42 bits per heavy atom. The summed E-state index contributed by atoms with van der Waals surface area (Å²) >= 11 is 5.83. The number of hydrogen-bond donors (Lipinski definition) is 3. The number of aliphatic hydroxyl groups is 2. The van der Waals surface area contributed by atoms with Gasteiger partial charge in [0.05, 0.1) is 0 Å². The molecule has 5 heteroatoms. The molecule has 0 aliphatic rings. The van der Waals surface area contributed by atoms with E-state index in [-0.39, 0.29) is 18.6 Å². The molecule has 1 aromatic rings. The molecule has 1 rings (SSSR count). The zero-order chi connectivity index (χ0) is 14.3. The van der Waals surface area contributed by atoms with E-state index in [9.17, 15) is 5.11 Å². The summed E-state index contributed by atoms with van der Waals surface area (Å²) in [6, 6.07) is 7.06. The summed E-state index contributed by atoms with van der Waals surface area (Å²) in [5.74, 6) is 0.641. The van der Waals surface area contributed by atoms with E-state index in [4.69, 9.17) is 21.4 Å². The second-order valence-corrected chi connectivity index (χ2v) is 5.81. The van der Waals surface area contributed by atoms with E-state index >= 15 is 0 Å². The number of nitrogens with one attached hydrogen (secondary N) is 1. The molecule has 0 aromatic heterocycles. The molecule has 3 N–H and O–H groups in total. The van der Waals surface area contributed by atoms with E-state index in [1.807, 2.05) is 13.8 Å². The molecule has 1 atom stereocenters. The molecule has 0 amide bonds. The maximum absolute atomic E-state index is 9.77. The molecule has 4 nitrogen and oxygen atoms in total. The molecule has 0 aliphatic heterocycles. The van der Waals surface area contributed by atoms with Gasteiger partial charge in [-0.2, -0.15) is 0 Å². The summed E-state index contributed by atoms with van der Waals surface area (Å²) < 4.78 is 5.43. The summed E-state index contributed by atoms with van der Waals surface area (Å²) in [7, 11) is 0. The molecular formula is C14H22ClNO3. The van der Waals surface area contributed by atoms with Crippen molar-refractivity contribution in [1.29, 1.82) is 0 Å². The van der Waals surface area contributed by atoms with Gasteiger partial charge in [-0.3, -0.25) is 0 Å². The van der Waals surface area contributed by atoms with Gasteiger partial charge in [0.1, 0.15) is 18.5 Å². The Hall–Kier alpha value is -0.810. The minimum absolute atomic E-state index is 0.106. The van der Waals surface area contributed by atoms with Gasteiger partial charge in [0, 0.05) is 30.1 Å². The van der Waals surface area contributed by atoms with Gasteiger partial charge in [-0.15, -0.1) is 0 Å². The summed E-state index contributed by atoms with van der Waals surface area (Å²) in [6.45, 7) is 5.27. The van der Waals surface area contributed by atoms with Crippen molar-refractivity contribution < 1.29 is 14.9 Å².